The molecule has 2 aromatic heterocycles. The maximum atomic E-state index is 13.9. The van der Waals surface area contributed by atoms with Gasteiger partial charge < -0.3 is 19.7 Å². The molecule has 0 N–H and O–H groups in total. The van der Waals surface area contributed by atoms with Gasteiger partial charge in [0.1, 0.15) is 23.0 Å². The van der Waals surface area contributed by atoms with E-state index in [9.17, 15) is 19.8 Å². The zero-order valence-corrected chi connectivity index (χ0v) is 73.6. The van der Waals surface area contributed by atoms with Gasteiger partial charge in [-0.15, -0.1) is 0 Å². The van der Waals surface area contributed by atoms with Crippen LogP contribution in [-0.4, -0.2) is 11.6 Å². The summed E-state index contributed by atoms with van der Waals surface area (Å²) in [6.45, 7) is 35.2. The van der Waals surface area contributed by atoms with Gasteiger partial charge >= 0.3 is 23.0 Å². The molecule has 118 heavy (non-hydrogen) atoms. The van der Waals surface area contributed by atoms with Gasteiger partial charge in [-0.05, 0) is 201 Å². The smallest absolute Gasteiger partial charge is 0.361 e. The third kappa shape index (κ3) is 23.9. The SMILES string of the molecule is CC(C)(C)c1ccc(C2=CC(=CC3=C([O-])/C(=C/c4cc(-c5ccc(C(C)(C)C)cc5)[o+]c(-c5ccc(C(C)(C)C)cc5)c4)C3=O)C=C(c3ccc(C(C)(C)C)cc3)O2)cc1.CCCCCCCCc1ccc(C2=C/C(=C\C3=C([O-])C(=C/c4cc(CCCCC)[o+]c(-c5ccc(CCCCCCCC)cc5)c4)/C3=O)C=C(CCCCC)O2)cc1. The van der Waals surface area contributed by atoms with Gasteiger partial charge in [0.05, 0.1) is 41.3 Å². The Balaban J connectivity index is 0.000000232. The average molecular weight is 1580 g/mol. The first kappa shape index (κ1) is 88.4. The minimum absolute atomic E-state index is 0.00508. The highest BCUT2D eigenvalue weighted by atomic mass is 16.5. The van der Waals surface area contributed by atoms with Crippen molar-refractivity contribution in [1.82, 2.24) is 0 Å². The normalized spacial score (nSPS) is 15.6. The fourth-order valence-electron chi connectivity index (χ4n) is 15.2. The molecule has 0 unspecified atom stereocenters. The molecular formula is C110H128O8. The van der Waals surface area contributed by atoms with E-state index >= 15 is 0 Å². The zero-order valence-electron chi connectivity index (χ0n) is 73.6. The van der Waals surface area contributed by atoms with Crippen LogP contribution in [-0.2, 0) is 60.0 Å². The lowest BCUT2D eigenvalue weighted by atomic mass is 9.84. The summed E-state index contributed by atoms with van der Waals surface area (Å²) in [4.78, 5) is 27.6. The number of hydrogen-bond donors (Lipinski definition) is 0. The second kappa shape index (κ2) is 40.3. The highest BCUT2D eigenvalue weighted by molar-refractivity contribution is 6.24. The summed E-state index contributed by atoms with van der Waals surface area (Å²) in [6.07, 6.45) is 40.5. The van der Waals surface area contributed by atoms with Gasteiger partial charge in [0.25, 0.3) is 0 Å². The Kier molecular flexibility index (Phi) is 30.2. The van der Waals surface area contributed by atoms with E-state index in [1.807, 2.05) is 48.6 Å². The van der Waals surface area contributed by atoms with Crippen LogP contribution in [0.25, 0.3) is 63.4 Å². The summed E-state index contributed by atoms with van der Waals surface area (Å²) < 4.78 is 26.0. The molecular weight excluding hydrogens is 1450 g/mol. The van der Waals surface area contributed by atoms with Gasteiger partial charge in [-0.1, -0.05) is 321 Å². The van der Waals surface area contributed by atoms with Crippen molar-refractivity contribution in [1.29, 1.82) is 0 Å². The molecule has 8 aromatic rings. The number of ketones is 2. The molecule has 8 heteroatoms. The van der Waals surface area contributed by atoms with Crippen LogP contribution in [0.3, 0.4) is 0 Å². The van der Waals surface area contributed by atoms with Crippen molar-refractivity contribution >= 4 is 41.0 Å². The third-order valence-electron chi connectivity index (χ3n) is 22.9. The number of benzene rings is 6. The van der Waals surface area contributed by atoms with Crippen molar-refractivity contribution in [2.75, 3.05) is 0 Å². The lowest BCUT2D eigenvalue weighted by molar-refractivity contribution is -0.301. The molecule has 0 spiro atoms. The topological polar surface area (TPSA) is 121 Å². The Morgan fingerprint density at radius 3 is 0.983 bits per heavy atom. The maximum Gasteiger partial charge on any atom is 0.361 e. The Morgan fingerprint density at radius 1 is 0.314 bits per heavy atom. The minimum atomic E-state index is -0.291. The summed E-state index contributed by atoms with van der Waals surface area (Å²) >= 11 is 0. The zero-order chi connectivity index (χ0) is 84.3. The number of allylic oxidation sites excluding steroid dienone is 13. The Morgan fingerprint density at radius 2 is 0.610 bits per heavy atom. The molecule has 8 nitrogen and oxygen atoms in total. The number of unbranched alkanes of at least 4 members (excludes halogenated alkanes) is 14. The molecule has 12 rings (SSSR count). The first-order valence-electron chi connectivity index (χ1n) is 44.0. The summed E-state index contributed by atoms with van der Waals surface area (Å²) in [5.74, 6) is 4.83. The number of ether oxygens (including phenoxy) is 2. The van der Waals surface area contributed by atoms with E-state index < -0.39 is 0 Å². The van der Waals surface area contributed by atoms with E-state index in [2.05, 4.69) is 256 Å². The Labute approximate surface area is 706 Å². The summed E-state index contributed by atoms with van der Waals surface area (Å²) in [5, 5.41) is 27.6. The molecule has 616 valence electrons. The van der Waals surface area contributed by atoms with Crippen LogP contribution in [0.2, 0.25) is 0 Å². The van der Waals surface area contributed by atoms with E-state index in [4.69, 9.17) is 18.3 Å². The van der Waals surface area contributed by atoms with E-state index in [1.165, 1.54) is 110 Å². The average Bonchev–Trinajstić information content (AvgIpc) is 0.766. The first-order valence-corrected chi connectivity index (χ1v) is 44.0. The Bertz CT molecular complexity index is 4990. The van der Waals surface area contributed by atoms with Gasteiger partial charge in [0.15, 0.2) is 11.6 Å². The minimum Gasteiger partial charge on any atom is -0.871 e. The highest BCUT2D eigenvalue weighted by Crippen LogP contribution is 2.41. The van der Waals surface area contributed by atoms with Crippen molar-refractivity contribution in [3.8, 4) is 34.0 Å². The molecule has 0 saturated carbocycles. The molecule has 2 aliphatic heterocycles. The van der Waals surface area contributed by atoms with E-state index in [0.29, 0.717) is 34.2 Å². The number of hydrogen-bond acceptors (Lipinski definition) is 6. The van der Waals surface area contributed by atoms with Crippen molar-refractivity contribution in [3.05, 3.63) is 324 Å². The van der Waals surface area contributed by atoms with Gasteiger partial charge in [-0.25, -0.2) is 8.83 Å². The lowest BCUT2D eigenvalue weighted by Crippen LogP contribution is -2.29. The fourth-order valence-corrected chi connectivity index (χ4v) is 15.2. The van der Waals surface area contributed by atoms with Crippen molar-refractivity contribution in [2.24, 2.45) is 0 Å². The molecule has 0 saturated heterocycles. The monoisotopic (exact) mass is 1580 g/mol. The molecule has 0 bridgehead atoms. The van der Waals surface area contributed by atoms with Crippen molar-refractivity contribution < 1.29 is 38.1 Å². The maximum absolute atomic E-state index is 13.9. The molecule has 0 amide bonds. The first-order chi connectivity index (χ1) is 56.5. The highest BCUT2D eigenvalue weighted by Gasteiger charge is 2.31. The predicted molar refractivity (Wildman–Crippen MR) is 489 cm³/mol. The van der Waals surface area contributed by atoms with Crippen LogP contribution in [0, 0.1) is 0 Å². The molecule has 0 radical (unpaired) electrons. The van der Waals surface area contributed by atoms with E-state index in [0.717, 1.165) is 132 Å². The fraction of sp³-hybridized carbons (Fsp3) is 0.382. The van der Waals surface area contributed by atoms with Gasteiger partial charge in [-0.2, -0.15) is 0 Å². The van der Waals surface area contributed by atoms with Crippen LogP contribution in [0.5, 0.6) is 0 Å². The van der Waals surface area contributed by atoms with Crippen LogP contribution >= 0.6 is 0 Å². The summed E-state index contributed by atoms with van der Waals surface area (Å²) in [7, 11) is 0. The van der Waals surface area contributed by atoms with Crippen molar-refractivity contribution in [3.63, 3.8) is 0 Å². The van der Waals surface area contributed by atoms with Crippen LogP contribution in [0.4, 0.5) is 0 Å². The summed E-state index contributed by atoms with van der Waals surface area (Å²) in [5.41, 5.74) is 17.0. The van der Waals surface area contributed by atoms with Crippen LogP contribution < -0.4 is 10.2 Å². The second-order valence-electron chi connectivity index (χ2n) is 36.9. The Hall–Kier alpha value is -10.4. The lowest BCUT2D eigenvalue weighted by Gasteiger charge is -2.29. The van der Waals surface area contributed by atoms with Gasteiger partial charge in [0.2, 0.25) is 0 Å². The second-order valence-corrected chi connectivity index (χ2v) is 36.9. The number of aryl methyl sites for hydroxylation is 3. The molecule has 4 aliphatic rings. The third-order valence-corrected chi connectivity index (χ3v) is 22.9. The molecule has 4 heterocycles. The van der Waals surface area contributed by atoms with E-state index in [1.54, 1.807) is 24.3 Å². The number of carbonyl (C=O) groups is 2. The largest absolute Gasteiger partial charge is 0.871 e. The van der Waals surface area contributed by atoms with Gasteiger partial charge in [0, 0.05) is 51.5 Å². The van der Waals surface area contributed by atoms with E-state index in [-0.39, 0.29) is 67.0 Å². The molecule has 0 atom stereocenters. The molecule has 0 fully saturated rings. The van der Waals surface area contributed by atoms with Crippen molar-refractivity contribution in [2.45, 2.75) is 274 Å². The standard InChI is InChI=1S/C56H58O4.C54H70O4/c1-53(2,3)41-21-13-37(14-22-41)47-31-35(32-48(59-47)38-15-23-42(24-16-38)54(4,5)6)29-45-51(57)46(52(45)58)30-36-33-49(39-17-25-43(26-18-39)55(7,8)9)60-50(34-36)40-19-27-44(28-20-40)56(10,11)12;1-5-9-13-15-17-21-23-41-27-31-45(32-28-41)51-39-43(35-47(57-51)25-19-11-7-3)37-49-53(55)50(54(49)56)38-44-36-48(26-20-12-8-4)58-52(40-44)46-33-29-42(30-34-46)24-22-18-16-14-10-6-2/h13-34H,1-12H3;27-40H,5-26H2,1-4H3. The molecule has 6 aromatic carbocycles. The predicted octanol–water partition coefficient (Wildman–Crippen LogP) is 28.5. The summed E-state index contributed by atoms with van der Waals surface area (Å²) in [6, 6.07) is 58.7. The molecule has 2 aliphatic carbocycles. The van der Waals surface area contributed by atoms with Crippen LogP contribution in [0.1, 0.15) is 300 Å². The number of carbonyl (C=O) groups excluding carboxylic acids is 2. The quantitative estimate of drug-likeness (QED) is 0.0232. The van der Waals surface area contributed by atoms with Gasteiger partial charge in [-0.3, -0.25) is 9.59 Å². The van der Waals surface area contributed by atoms with Crippen LogP contribution in [0.15, 0.2) is 266 Å². The number of Topliss-reactive ketones (excluding diaryl/α,β-unsaturated/α-hetero) is 2. The number of rotatable bonds is 32.